The SMILES string of the molecule is COCCOCCOCCOc1cc2ncc3nc(cc4nc(cc5[nH]c(cnc2cc1OCCOCCOCC(=O)Nc1cc(C(=O)Nc2cc(C(=O)Nc6cc(C(=O)NCCCN(C)C)n(C)c6)n(C)c2)n(C)c1)c(C)c5C)C(C)=C4C)C(C)=C3C. The fourth-order valence-electron chi connectivity index (χ4n) is 9.54. The molecular formula is C64H81N13O11. The van der Waals surface area contributed by atoms with Gasteiger partial charge in [0.25, 0.3) is 17.7 Å². The van der Waals surface area contributed by atoms with Crippen molar-refractivity contribution >= 4 is 85.1 Å². The molecule has 6 bridgehead atoms. The van der Waals surface area contributed by atoms with E-state index < -0.39 is 17.7 Å². The summed E-state index contributed by atoms with van der Waals surface area (Å²) < 4.78 is 45.3. The minimum absolute atomic E-state index is 0.114. The van der Waals surface area contributed by atoms with Gasteiger partial charge in [-0.25, -0.2) is 9.97 Å². The van der Waals surface area contributed by atoms with Crippen LogP contribution >= 0.6 is 0 Å². The highest BCUT2D eigenvalue weighted by molar-refractivity contribution is 6.08. The highest BCUT2D eigenvalue weighted by atomic mass is 16.6. The van der Waals surface area contributed by atoms with Crippen LogP contribution in [0, 0.1) is 13.8 Å². The molecule has 5 N–H and O–H groups in total. The van der Waals surface area contributed by atoms with Crippen molar-refractivity contribution in [3.8, 4) is 11.5 Å². The third-order valence-corrected chi connectivity index (χ3v) is 15.0. The second-order valence-electron chi connectivity index (χ2n) is 21.7. The summed E-state index contributed by atoms with van der Waals surface area (Å²) >= 11 is 0. The van der Waals surface area contributed by atoms with Crippen molar-refractivity contribution in [1.29, 1.82) is 0 Å². The Balaban J connectivity index is 0.864. The smallest absolute Gasteiger partial charge is 0.272 e. The standard InChI is InChI=1S/C64H81N13O11/c1-39-40(2)49-30-51-42(4)44(6)55(73-51)34-67-53-32-60(59(87-24-22-84-19-18-83-17-16-82-12)31-52(53)66-33-54-43(5)41(3)50(72-54)29-48(39)71-49)88-25-23-85-20-21-86-38-61(78)68-45-26-57(76(10)35-45)63(80)70-47-28-58(77(11)37-47)64(81)69-46-27-56(75(9)36-46)62(79)65-14-13-15-74(7)8/h26-37,73H,13-25,38H2,1-12H3,(H,65,79)(H,68,78)(H,69,81)(H,70,80). The first-order chi connectivity index (χ1) is 42.3. The molecule has 5 aromatic heterocycles. The lowest BCUT2D eigenvalue weighted by molar-refractivity contribution is -0.121. The Hall–Kier alpha value is -8.78. The van der Waals surface area contributed by atoms with Gasteiger partial charge in [0.1, 0.15) is 36.9 Å². The van der Waals surface area contributed by atoms with E-state index in [-0.39, 0.29) is 63.5 Å². The molecule has 0 unspecified atom stereocenters. The van der Waals surface area contributed by atoms with Crippen LogP contribution < -0.4 is 30.7 Å². The summed E-state index contributed by atoms with van der Waals surface area (Å²) in [4.78, 5) is 78.2. The van der Waals surface area contributed by atoms with Crippen LogP contribution in [0.1, 0.15) is 99.5 Å². The third-order valence-electron chi connectivity index (χ3n) is 15.0. The number of benzene rings is 1. The molecular weight excluding hydrogens is 1130 g/mol. The monoisotopic (exact) mass is 1210 g/mol. The number of fused-ring (bicyclic) bond motifs is 7. The zero-order valence-corrected chi connectivity index (χ0v) is 52.4. The zero-order valence-electron chi connectivity index (χ0n) is 52.4. The molecule has 468 valence electrons. The van der Waals surface area contributed by atoms with Crippen molar-refractivity contribution < 1.29 is 52.3 Å². The number of hydrogen-bond acceptors (Lipinski definition) is 16. The quantitative estimate of drug-likeness (QED) is 0.0277. The van der Waals surface area contributed by atoms with Gasteiger partial charge in [0, 0.05) is 71.0 Å². The largest absolute Gasteiger partial charge is 0.487 e. The summed E-state index contributed by atoms with van der Waals surface area (Å²) in [6.45, 7) is 16.4. The number of methoxy groups -OCH3 is 1. The lowest BCUT2D eigenvalue weighted by atomic mass is 10.1. The Kier molecular flexibility index (Phi) is 22.8. The fraction of sp³-hybridized carbons (Fsp3) is 0.406. The van der Waals surface area contributed by atoms with Crippen LogP contribution in [0.3, 0.4) is 0 Å². The lowest BCUT2D eigenvalue weighted by Crippen LogP contribution is -2.28. The number of carbonyl (C=O) groups is 4. The first-order valence-electron chi connectivity index (χ1n) is 29.1. The average molecular weight is 1210 g/mol. The Bertz CT molecular complexity index is 3800. The van der Waals surface area contributed by atoms with Gasteiger partial charge in [-0.1, -0.05) is 0 Å². The summed E-state index contributed by atoms with van der Waals surface area (Å²) in [6, 6.07) is 12.4. The van der Waals surface area contributed by atoms with Crippen LogP contribution in [0.15, 0.2) is 73.4 Å². The molecule has 2 aliphatic heterocycles. The molecule has 6 aromatic rings. The number of allylic oxidation sites excluding steroid dienone is 4. The van der Waals surface area contributed by atoms with Gasteiger partial charge in [0.2, 0.25) is 5.91 Å². The first-order valence-corrected chi connectivity index (χ1v) is 29.1. The number of aromatic nitrogens is 8. The normalized spacial score (nSPS) is 12.2. The Labute approximate surface area is 512 Å². The van der Waals surface area contributed by atoms with Crippen LogP contribution in [-0.2, 0) is 49.6 Å². The molecule has 1 aromatic carbocycles. The van der Waals surface area contributed by atoms with E-state index in [4.69, 9.17) is 53.1 Å². The molecule has 24 heteroatoms. The number of nitrogens with zero attached hydrogens (tertiary/aromatic N) is 8. The number of anilines is 3. The Morgan fingerprint density at radius 1 is 0.511 bits per heavy atom. The number of carbonyl (C=O) groups excluding carboxylic acids is 4. The molecule has 0 atom stereocenters. The van der Waals surface area contributed by atoms with Crippen LogP contribution in [0.5, 0.6) is 11.5 Å². The molecule has 0 radical (unpaired) electrons. The van der Waals surface area contributed by atoms with Crippen molar-refractivity contribution in [3.63, 3.8) is 0 Å². The van der Waals surface area contributed by atoms with Crippen LogP contribution in [0.25, 0.3) is 44.4 Å². The highest BCUT2D eigenvalue weighted by Crippen LogP contribution is 2.35. The second kappa shape index (κ2) is 30.7. The van der Waals surface area contributed by atoms with E-state index >= 15 is 0 Å². The van der Waals surface area contributed by atoms with Gasteiger partial charge < -0.3 is 78.0 Å². The number of ether oxygens (including phenoxy) is 7. The predicted octanol–water partition coefficient (Wildman–Crippen LogP) is 8.17. The van der Waals surface area contributed by atoms with Crippen LogP contribution in [0.4, 0.5) is 17.1 Å². The topological polar surface area (TPSA) is 266 Å². The molecule has 4 amide bonds. The van der Waals surface area contributed by atoms with E-state index in [0.717, 1.165) is 80.2 Å². The van der Waals surface area contributed by atoms with E-state index in [9.17, 15) is 19.2 Å². The maximum atomic E-state index is 13.5. The molecule has 24 nitrogen and oxygen atoms in total. The molecule has 7 heterocycles. The lowest BCUT2D eigenvalue weighted by Gasteiger charge is -2.14. The van der Waals surface area contributed by atoms with Crippen molar-refractivity contribution in [1.82, 2.24) is 48.8 Å². The number of hydrogen-bond donors (Lipinski definition) is 5. The van der Waals surface area contributed by atoms with E-state index in [1.165, 1.54) is 6.07 Å². The van der Waals surface area contributed by atoms with E-state index in [1.807, 2.05) is 32.0 Å². The average Bonchev–Trinajstić information content (AvgIpc) is 3.62. The van der Waals surface area contributed by atoms with E-state index in [2.05, 4.69) is 66.9 Å². The van der Waals surface area contributed by atoms with Gasteiger partial charge in [-0.2, -0.15) is 0 Å². The van der Waals surface area contributed by atoms with Crippen LogP contribution in [0.2, 0.25) is 0 Å². The highest BCUT2D eigenvalue weighted by Gasteiger charge is 2.21. The van der Waals surface area contributed by atoms with E-state index in [1.54, 1.807) is 97.2 Å². The molecule has 0 saturated carbocycles. The van der Waals surface area contributed by atoms with Crippen LogP contribution in [-0.4, -0.2) is 174 Å². The molecule has 0 aliphatic carbocycles. The van der Waals surface area contributed by atoms with Gasteiger partial charge >= 0.3 is 0 Å². The molecule has 88 heavy (non-hydrogen) atoms. The van der Waals surface area contributed by atoms with E-state index in [0.29, 0.717) is 78.3 Å². The summed E-state index contributed by atoms with van der Waals surface area (Å²) in [6.07, 6.45) is 9.22. The number of amides is 4. The van der Waals surface area contributed by atoms with Crippen molar-refractivity contribution in [2.75, 3.05) is 123 Å². The van der Waals surface area contributed by atoms with Crippen molar-refractivity contribution in [3.05, 3.63) is 124 Å². The summed E-state index contributed by atoms with van der Waals surface area (Å²) in [7, 11) is 10.7. The van der Waals surface area contributed by atoms with Gasteiger partial charge in [0.15, 0.2) is 11.5 Å². The Morgan fingerprint density at radius 2 is 0.955 bits per heavy atom. The van der Waals surface area contributed by atoms with Crippen molar-refractivity contribution in [2.24, 2.45) is 21.1 Å². The third kappa shape index (κ3) is 17.0. The summed E-state index contributed by atoms with van der Waals surface area (Å²) in [5.41, 5.74) is 14.6. The van der Waals surface area contributed by atoms with Crippen molar-refractivity contribution in [2.45, 2.75) is 48.0 Å². The molecule has 2 aliphatic rings. The summed E-state index contributed by atoms with van der Waals surface area (Å²) in [5, 5.41) is 11.3. The zero-order chi connectivity index (χ0) is 63.0. The number of rotatable bonds is 29. The van der Waals surface area contributed by atoms with Gasteiger partial charge in [-0.3, -0.25) is 29.1 Å². The maximum Gasteiger partial charge on any atom is 0.272 e. The minimum atomic E-state index is -0.464. The molecule has 0 saturated heterocycles. The Morgan fingerprint density at radius 3 is 1.49 bits per heavy atom. The van der Waals surface area contributed by atoms with Gasteiger partial charge in [-0.15, -0.1) is 0 Å². The summed E-state index contributed by atoms with van der Waals surface area (Å²) in [5.74, 6) is -0.740. The second-order valence-corrected chi connectivity index (χ2v) is 21.7. The van der Waals surface area contributed by atoms with Gasteiger partial charge in [0.05, 0.1) is 122 Å². The number of aryl methyl sites for hydroxylation is 5. The number of nitrogens with one attached hydrogen (secondary N) is 5. The minimum Gasteiger partial charge on any atom is -0.487 e. The molecule has 8 rings (SSSR count). The molecule has 0 fully saturated rings. The number of H-pyrrole nitrogens is 1. The fourth-order valence-corrected chi connectivity index (χ4v) is 9.54. The number of aromatic amines is 1. The van der Waals surface area contributed by atoms with Gasteiger partial charge in [-0.05, 0) is 132 Å². The first kappa shape index (κ1) is 65.2. The predicted molar refractivity (Wildman–Crippen MR) is 339 cm³/mol. The maximum absolute atomic E-state index is 13.5. The molecule has 0 spiro atoms.